The minimum Gasteiger partial charge on any atom is -0.404 e. The van der Waals surface area contributed by atoms with Gasteiger partial charge in [0.15, 0.2) is 5.75 Å². The van der Waals surface area contributed by atoms with Gasteiger partial charge in [0, 0.05) is 37.7 Å². The summed E-state index contributed by atoms with van der Waals surface area (Å²) in [7, 11) is -4.16. The van der Waals surface area contributed by atoms with E-state index in [4.69, 9.17) is 0 Å². The Morgan fingerprint density at radius 1 is 1.23 bits per heavy atom. The van der Waals surface area contributed by atoms with Crippen LogP contribution >= 0.6 is 0 Å². The quantitative estimate of drug-likeness (QED) is 0.843. The lowest BCUT2D eigenvalue weighted by atomic mass is 9.76. The average molecular weight is 340 g/mol. The lowest BCUT2D eigenvalue weighted by molar-refractivity contribution is -0.275. The molecule has 2 aliphatic heterocycles. The molecule has 0 unspecified atom stereocenters. The molecule has 2 fully saturated rings. The zero-order valence-corrected chi connectivity index (χ0v) is 12.0. The molecule has 0 bridgehead atoms. The van der Waals surface area contributed by atoms with Crippen molar-refractivity contribution < 1.29 is 30.7 Å². The predicted molar refractivity (Wildman–Crippen MR) is 67.1 cm³/mol. The maximum atomic E-state index is 13.1. The highest BCUT2D eigenvalue weighted by molar-refractivity contribution is 7.89. The van der Waals surface area contributed by atoms with Crippen LogP contribution in [0.2, 0.25) is 0 Å². The summed E-state index contributed by atoms with van der Waals surface area (Å²) in [6.07, 6.45) is -5.11. The molecule has 5 nitrogen and oxygen atoms in total. The number of nitrogens with zero attached hydrogens (tertiary/aromatic N) is 1. The van der Waals surface area contributed by atoms with Gasteiger partial charge in [-0.3, -0.25) is 0 Å². The predicted octanol–water partition coefficient (Wildman–Crippen LogP) is 1.32. The summed E-state index contributed by atoms with van der Waals surface area (Å²) < 4.78 is 79.7. The molecule has 0 radical (unpaired) electrons. The van der Waals surface area contributed by atoms with Crippen LogP contribution in [0.4, 0.5) is 17.6 Å². The van der Waals surface area contributed by atoms with E-state index in [2.05, 4.69) is 10.1 Å². The van der Waals surface area contributed by atoms with E-state index in [1.807, 2.05) is 0 Å². The van der Waals surface area contributed by atoms with E-state index in [0.29, 0.717) is 19.2 Å². The van der Waals surface area contributed by atoms with Crippen molar-refractivity contribution >= 4 is 10.0 Å². The highest BCUT2D eigenvalue weighted by Gasteiger charge is 2.52. The molecule has 2 heterocycles. The largest absolute Gasteiger partial charge is 0.573 e. The number of halogens is 4. The van der Waals surface area contributed by atoms with Gasteiger partial charge in [-0.05, 0) is 12.1 Å². The molecular formula is C12H12F4N2O3S. The van der Waals surface area contributed by atoms with E-state index in [-0.39, 0.29) is 18.5 Å². The van der Waals surface area contributed by atoms with Gasteiger partial charge in [0.05, 0.1) is 0 Å². The molecule has 1 aromatic rings. The number of sulfonamides is 1. The fourth-order valence-corrected chi connectivity index (χ4v) is 4.37. The smallest absolute Gasteiger partial charge is 0.404 e. The molecule has 1 N–H and O–H groups in total. The molecule has 2 aliphatic rings. The summed E-state index contributed by atoms with van der Waals surface area (Å²) in [6, 6.07) is 1.99. The molecule has 0 saturated carbocycles. The number of ether oxygens (including phenoxy) is 1. The number of rotatable bonds is 3. The van der Waals surface area contributed by atoms with Crippen molar-refractivity contribution in [3.05, 3.63) is 24.0 Å². The molecule has 1 spiro atoms. The normalized spacial score (nSPS) is 21.3. The Hall–Kier alpha value is -1.39. The third-order valence-electron chi connectivity index (χ3n) is 3.77. The first kappa shape index (κ1) is 15.5. The van der Waals surface area contributed by atoms with Crippen molar-refractivity contribution in [1.82, 2.24) is 9.62 Å². The zero-order valence-electron chi connectivity index (χ0n) is 11.2. The SMILES string of the molecule is O=S(=O)(c1ccc(F)cc1OC(F)(F)F)N1CC2(CNC2)C1. The van der Waals surface area contributed by atoms with Crippen LogP contribution in [0.25, 0.3) is 0 Å². The molecule has 3 rings (SSSR count). The monoisotopic (exact) mass is 340 g/mol. The Kier molecular flexibility index (Phi) is 3.38. The fraction of sp³-hybridized carbons (Fsp3) is 0.500. The first-order valence-corrected chi connectivity index (χ1v) is 7.82. The summed E-state index contributed by atoms with van der Waals surface area (Å²) in [4.78, 5) is -0.687. The van der Waals surface area contributed by atoms with Gasteiger partial charge in [0.2, 0.25) is 10.0 Å². The Bertz CT molecular complexity index is 693. The number of benzene rings is 1. The molecule has 0 atom stereocenters. The van der Waals surface area contributed by atoms with E-state index in [1.165, 1.54) is 0 Å². The standard InChI is InChI=1S/C12H12F4N2O3S/c13-8-1-2-10(9(3-8)21-12(14,15)16)22(19,20)18-6-11(7-18)4-17-5-11/h1-3,17H,4-7H2. The van der Waals surface area contributed by atoms with Gasteiger partial charge in [-0.15, -0.1) is 13.2 Å². The minimum atomic E-state index is -5.11. The Balaban J connectivity index is 1.90. The highest BCUT2D eigenvalue weighted by Crippen LogP contribution is 2.40. The second kappa shape index (κ2) is 4.80. The van der Waals surface area contributed by atoms with Crippen molar-refractivity contribution in [2.75, 3.05) is 26.2 Å². The zero-order chi connectivity index (χ0) is 16.2. The van der Waals surface area contributed by atoms with E-state index >= 15 is 0 Å². The van der Waals surface area contributed by atoms with E-state index in [9.17, 15) is 26.0 Å². The van der Waals surface area contributed by atoms with Crippen molar-refractivity contribution in [2.24, 2.45) is 5.41 Å². The molecule has 0 amide bonds. The van der Waals surface area contributed by atoms with Crippen LogP contribution in [0.3, 0.4) is 0 Å². The molecule has 2 saturated heterocycles. The van der Waals surface area contributed by atoms with Crippen LogP contribution in [-0.2, 0) is 10.0 Å². The van der Waals surface area contributed by atoms with Crippen LogP contribution in [0.5, 0.6) is 5.75 Å². The maximum Gasteiger partial charge on any atom is 0.573 e. The summed E-state index contributed by atoms with van der Waals surface area (Å²) in [6.45, 7) is 1.80. The average Bonchev–Trinajstić information content (AvgIpc) is 2.21. The number of nitrogens with one attached hydrogen (secondary N) is 1. The maximum absolute atomic E-state index is 13.1. The van der Waals surface area contributed by atoms with Crippen molar-refractivity contribution in [3.8, 4) is 5.75 Å². The van der Waals surface area contributed by atoms with Crippen LogP contribution in [0, 0.1) is 11.2 Å². The lowest BCUT2D eigenvalue weighted by Crippen LogP contribution is -2.71. The lowest BCUT2D eigenvalue weighted by Gasteiger charge is -2.55. The molecule has 122 valence electrons. The first-order chi connectivity index (χ1) is 10.1. The van der Waals surface area contributed by atoms with E-state index in [1.54, 1.807) is 0 Å². The fourth-order valence-electron chi connectivity index (χ4n) is 2.61. The molecule has 1 aromatic carbocycles. The summed E-state index contributed by atoms with van der Waals surface area (Å²) >= 11 is 0. The van der Waals surface area contributed by atoms with Gasteiger partial charge in [0.25, 0.3) is 0 Å². The van der Waals surface area contributed by atoms with Crippen molar-refractivity contribution in [3.63, 3.8) is 0 Å². The molecule has 22 heavy (non-hydrogen) atoms. The molecule has 0 aromatic heterocycles. The first-order valence-electron chi connectivity index (χ1n) is 6.38. The third-order valence-corrected chi connectivity index (χ3v) is 5.60. The second-order valence-electron chi connectivity index (χ2n) is 5.52. The summed E-state index contributed by atoms with van der Waals surface area (Å²) in [5.74, 6) is -2.07. The van der Waals surface area contributed by atoms with Gasteiger partial charge >= 0.3 is 6.36 Å². The van der Waals surface area contributed by atoms with Crippen molar-refractivity contribution in [2.45, 2.75) is 11.3 Å². The van der Waals surface area contributed by atoms with Gasteiger partial charge in [-0.25, -0.2) is 12.8 Å². The third kappa shape index (κ3) is 2.66. The van der Waals surface area contributed by atoms with Crippen molar-refractivity contribution in [1.29, 1.82) is 0 Å². The molecule has 10 heteroatoms. The minimum absolute atomic E-state index is 0.127. The Morgan fingerprint density at radius 3 is 2.36 bits per heavy atom. The van der Waals surface area contributed by atoms with Crippen LogP contribution < -0.4 is 10.1 Å². The van der Waals surface area contributed by atoms with Crippen LogP contribution in [0.1, 0.15) is 0 Å². The number of hydrogen-bond donors (Lipinski definition) is 1. The highest BCUT2D eigenvalue weighted by atomic mass is 32.2. The van der Waals surface area contributed by atoms with E-state index < -0.39 is 32.8 Å². The van der Waals surface area contributed by atoms with E-state index in [0.717, 1.165) is 16.4 Å². The van der Waals surface area contributed by atoms with Gasteiger partial charge < -0.3 is 10.1 Å². The van der Waals surface area contributed by atoms with Crippen LogP contribution in [0.15, 0.2) is 23.1 Å². The topological polar surface area (TPSA) is 58.6 Å². The molecule has 0 aliphatic carbocycles. The second-order valence-corrected chi connectivity index (χ2v) is 7.42. The summed E-state index contributed by atoms with van der Waals surface area (Å²) in [5.41, 5.74) is -0.127. The number of alkyl halides is 3. The van der Waals surface area contributed by atoms with Crippen LogP contribution in [-0.4, -0.2) is 45.3 Å². The van der Waals surface area contributed by atoms with Gasteiger partial charge in [-0.2, -0.15) is 4.31 Å². The van der Waals surface area contributed by atoms with Gasteiger partial charge in [-0.1, -0.05) is 0 Å². The Morgan fingerprint density at radius 2 is 1.86 bits per heavy atom. The number of hydrogen-bond acceptors (Lipinski definition) is 4. The van der Waals surface area contributed by atoms with Gasteiger partial charge in [0.1, 0.15) is 10.7 Å². The Labute approximate surface area is 123 Å². The summed E-state index contributed by atoms with van der Waals surface area (Å²) in [5, 5.41) is 3.02. The molecular weight excluding hydrogens is 328 g/mol.